The number of rotatable bonds is 8. The minimum atomic E-state index is -5.09. The highest BCUT2D eigenvalue weighted by Gasteiger charge is 2.48. The summed E-state index contributed by atoms with van der Waals surface area (Å²) in [7, 11) is -9.18. The van der Waals surface area contributed by atoms with Crippen LogP contribution in [0.25, 0.3) is 0 Å². The second-order valence-corrected chi connectivity index (χ2v) is 8.74. The van der Waals surface area contributed by atoms with Crippen LogP contribution in [0.5, 0.6) is 0 Å². The molecule has 1 aliphatic rings. The van der Waals surface area contributed by atoms with E-state index in [1.807, 2.05) is 4.98 Å². The van der Waals surface area contributed by atoms with E-state index >= 15 is 0 Å². The number of hydrogen-bond donors (Lipinski definition) is 5. The van der Waals surface area contributed by atoms with Crippen molar-refractivity contribution in [2.45, 2.75) is 18.4 Å². The molecule has 1 aromatic rings. The number of nitrogens with one attached hydrogen (secondary N) is 1. The fraction of sp³-hybridized carbons (Fsp3) is 0.500. The number of aliphatic hydroxyl groups is 2. The lowest BCUT2D eigenvalue weighted by Crippen LogP contribution is -2.36. The zero-order valence-electron chi connectivity index (χ0n) is 14.3. The van der Waals surface area contributed by atoms with Gasteiger partial charge in [0.2, 0.25) is 0 Å². The minimum Gasteiger partial charge on any atom is -0.512 e. The van der Waals surface area contributed by atoms with Gasteiger partial charge in [0.05, 0.1) is 24.4 Å². The van der Waals surface area contributed by atoms with E-state index in [1.165, 1.54) is 0 Å². The molecule has 1 saturated heterocycles. The first-order valence-corrected chi connectivity index (χ1v) is 10.5. The van der Waals surface area contributed by atoms with Crippen molar-refractivity contribution < 1.29 is 47.2 Å². The van der Waals surface area contributed by atoms with E-state index in [2.05, 4.69) is 19.9 Å². The molecule has 0 bridgehead atoms. The molecule has 14 nitrogen and oxygen atoms in total. The third-order valence-electron chi connectivity index (χ3n) is 3.72. The van der Waals surface area contributed by atoms with Crippen molar-refractivity contribution >= 4 is 15.6 Å². The van der Waals surface area contributed by atoms with Crippen LogP contribution in [0.4, 0.5) is 0 Å². The summed E-state index contributed by atoms with van der Waals surface area (Å²) < 4.78 is 41.7. The molecule has 2 heterocycles. The molecule has 5 N–H and O–H groups in total. The Labute approximate surface area is 156 Å². The lowest BCUT2D eigenvalue weighted by molar-refractivity contribution is -0.0529. The Bertz CT molecular complexity index is 941. The smallest absolute Gasteiger partial charge is 0.481 e. The molecule has 2 rings (SSSR count). The van der Waals surface area contributed by atoms with E-state index in [9.17, 15) is 33.8 Å². The largest absolute Gasteiger partial charge is 0.512 e. The molecule has 0 aromatic carbocycles. The van der Waals surface area contributed by atoms with Gasteiger partial charge in [-0.05, 0) is 0 Å². The molecule has 0 amide bonds. The maximum atomic E-state index is 11.9. The van der Waals surface area contributed by atoms with E-state index in [-0.39, 0.29) is 0 Å². The van der Waals surface area contributed by atoms with E-state index in [0.717, 1.165) is 23.9 Å². The Morgan fingerprint density at radius 2 is 2.00 bits per heavy atom. The van der Waals surface area contributed by atoms with Crippen molar-refractivity contribution in [1.82, 2.24) is 9.55 Å². The summed E-state index contributed by atoms with van der Waals surface area (Å²) in [5, 5.41) is 20.1. The van der Waals surface area contributed by atoms with Crippen LogP contribution in [0.1, 0.15) is 6.23 Å². The van der Waals surface area contributed by atoms with Gasteiger partial charge in [-0.1, -0.05) is 6.58 Å². The number of aliphatic hydroxyl groups excluding tert-OH is 2. The van der Waals surface area contributed by atoms with E-state index in [4.69, 9.17) is 9.63 Å². The third kappa shape index (κ3) is 5.26. The molecule has 158 valence electrons. The molecule has 0 aliphatic carbocycles. The van der Waals surface area contributed by atoms with Crippen LogP contribution in [-0.2, 0) is 27.2 Å². The summed E-state index contributed by atoms with van der Waals surface area (Å²) in [4.78, 5) is 43.6. The Morgan fingerprint density at radius 1 is 1.36 bits per heavy atom. The molecular weight excluding hydrogens is 426 g/mol. The maximum Gasteiger partial charge on any atom is 0.481 e. The number of aromatic nitrogens is 2. The highest BCUT2D eigenvalue weighted by atomic mass is 31.3. The number of nitrogens with zero attached hydrogens (tertiary/aromatic N) is 1. The SMILES string of the molecule is C=C(O)[C@H]1[C@@H](O)[C@H](n2ccc(=O)[nH]c2=O)O[C@@H]1COP(=O)(O)OP(=O)(O)OC. The Morgan fingerprint density at radius 3 is 2.54 bits per heavy atom. The molecule has 1 fully saturated rings. The average molecular weight is 444 g/mol. The first-order chi connectivity index (χ1) is 12.9. The van der Waals surface area contributed by atoms with Gasteiger partial charge in [0.1, 0.15) is 6.10 Å². The highest BCUT2D eigenvalue weighted by Crippen LogP contribution is 2.60. The topological polar surface area (TPSA) is 207 Å². The van der Waals surface area contributed by atoms with Crippen LogP contribution in [-0.4, -0.2) is 55.5 Å². The van der Waals surface area contributed by atoms with Crippen LogP contribution in [0.3, 0.4) is 0 Å². The minimum absolute atomic E-state index is 0.584. The van der Waals surface area contributed by atoms with Gasteiger partial charge in [-0.3, -0.25) is 23.4 Å². The first-order valence-electron chi connectivity index (χ1n) is 7.47. The molecule has 28 heavy (non-hydrogen) atoms. The van der Waals surface area contributed by atoms with Gasteiger partial charge in [-0.15, -0.1) is 0 Å². The predicted octanol–water partition coefficient (Wildman–Crippen LogP) is -0.637. The van der Waals surface area contributed by atoms with Crippen LogP contribution < -0.4 is 11.2 Å². The fourth-order valence-electron chi connectivity index (χ4n) is 2.51. The van der Waals surface area contributed by atoms with Gasteiger partial charge in [-0.25, -0.2) is 13.9 Å². The number of H-pyrrole nitrogens is 1. The van der Waals surface area contributed by atoms with E-state index < -0.39 is 63.6 Å². The number of hydrogen-bond acceptors (Lipinski definition) is 10. The van der Waals surface area contributed by atoms with Crippen molar-refractivity contribution in [3.8, 4) is 0 Å². The maximum absolute atomic E-state index is 11.9. The first kappa shape index (κ1) is 22.7. The average Bonchev–Trinajstić information content (AvgIpc) is 2.89. The van der Waals surface area contributed by atoms with Crippen LogP contribution >= 0.6 is 15.6 Å². The second kappa shape index (κ2) is 8.41. The fourth-order valence-corrected chi connectivity index (χ4v) is 4.34. The van der Waals surface area contributed by atoms with Crippen molar-refractivity contribution in [1.29, 1.82) is 0 Å². The molecule has 6 atom stereocenters. The van der Waals surface area contributed by atoms with Crippen molar-refractivity contribution in [2.75, 3.05) is 13.7 Å². The van der Waals surface area contributed by atoms with Gasteiger partial charge in [0.25, 0.3) is 5.56 Å². The van der Waals surface area contributed by atoms with E-state index in [1.54, 1.807) is 0 Å². The second-order valence-electron chi connectivity index (χ2n) is 5.59. The van der Waals surface area contributed by atoms with Gasteiger partial charge in [0.15, 0.2) is 6.23 Å². The molecule has 0 saturated carbocycles. The molecule has 2 unspecified atom stereocenters. The Balaban J connectivity index is 2.20. The molecular formula is C12H18N2O12P2. The Hall–Kier alpha value is -1.60. The number of phosphoric ester groups is 2. The summed E-state index contributed by atoms with van der Waals surface area (Å²) in [6.45, 7) is 2.45. The van der Waals surface area contributed by atoms with Crippen LogP contribution in [0.2, 0.25) is 0 Å². The lowest BCUT2D eigenvalue weighted by Gasteiger charge is -2.20. The summed E-state index contributed by atoms with van der Waals surface area (Å²) in [6.07, 6.45) is -3.25. The molecule has 0 radical (unpaired) electrons. The van der Waals surface area contributed by atoms with Crippen molar-refractivity contribution in [3.05, 3.63) is 45.4 Å². The van der Waals surface area contributed by atoms with Crippen LogP contribution in [0.15, 0.2) is 34.2 Å². The molecule has 1 aliphatic heterocycles. The van der Waals surface area contributed by atoms with Gasteiger partial charge < -0.3 is 24.7 Å². The Kier molecular flexibility index (Phi) is 6.82. The highest BCUT2D eigenvalue weighted by molar-refractivity contribution is 7.61. The summed E-state index contributed by atoms with van der Waals surface area (Å²) >= 11 is 0. The standard InChI is InChI=1S/C12H18N2O12P2/c1-6(15)9-7(5-24-28(21,22)26-27(19,20)23-2)25-11(10(9)17)14-4-3-8(16)13-12(14)18/h3-4,7,9-11,15,17H,1,5H2,2H3,(H,19,20)(H,21,22)(H,13,16,18)/t7-,9-,10-,11-/m1/s1. The van der Waals surface area contributed by atoms with E-state index in [0.29, 0.717) is 0 Å². The van der Waals surface area contributed by atoms with Crippen molar-refractivity contribution in [3.63, 3.8) is 0 Å². The van der Waals surface area contributed by atoms with Crippen molar-refractivity contribution in [2.24, 2.45) is 5.92 Å². The monoisotopic (exact) mass is 444 g/mol. The van der Waals surface area contributed by atoms with Crippen LogP contribution in [0, 0.1) is 5.92 Å². The third-order valence-corrected chi connectivity index (χ3v) is 6.31. The summed E-state index contributed by atoms with van der Waals surface area (Å²) in [6, 6.07) is 0.989. The summed E-state index contributed by atoms with van der Waals surface area (Å²) in [5.74, 6) is -1.85. The zero-order chi connectivity index (χ0) is 21.3. The predicted molar refractivity (Wildman–Crippen MR) is 90.2 cm³/mol. The van der Waals surface area contributed by atoms with Gasteiger partial charge >= 0.3 is 21.3 Å². The molecule has 16 heteroatoms. The zero-order valence-corrected chi connectivity index (χ0v) is 16.1. The lowest BCUT2D eigenvalue weighted by atomic mass is 9.97. The van der Waals surface area contributed by atoms with Gasteiger partial charge in [-0.2, -0.15) is 4.31 Å². The quantitative estimate of drug-likeness (QED) is 0.251. The number of ether oxygens (including phenoxy) is 1. The number of aromatic amines is 1. The normalized spacial score (nSPS) is 29.1. The molecule has 0 spiro atoms. The molecule has 1 aromatic heterocycles. The number of phosphoric acid groups is 2. The summed E-state index contributed by atoms with van der Waals surface area (Å²) in [5.41, 5.74) is -1.61. The van der Waals surface area contributed by atoms with Gasteiger partial charge in [0, 0.05) is 19.4 Å².